The zero-order valence-electron chi connectivity index (χ0n) is 11.0. The highest BCUT2D eigenvalue weighted by molar-refractivity contribution is 9.10. The van der Waals surface area contributed by atoms with Gasteiger partial charge in [0.2, 0.25) is 0 Å². The van der Waals surface area contributed by atoms with E-state index in [4.69, 9.17) is 10.5 Å². The third kappa shape index (κ3) is 2.88. The largest absolute Gasteiger partial charge is 0.497 e. The van der Waals surface area contributed by atoms with E-state index in [1.54, 1.807) is 37.4 Å². The Morgan fingerprint density at radius 1 is 1.15 bits per heavy atom. The summed E-state index contributed by atoms with van der Waals surface area (Å²) in [4.78, 5) is 12.6. The molecule has 0 aliphatic rings. The van der Waals surface area contributed by atoms with E-state index in [2.05, 4.69) is 31.9 Å². The number of benzene rings is 2. The van der Waals surface area contributed by atoms with Gasteiger partial charge < -0.3 is 10.5 Å². The molecule has 0 heterocycles. The molecule has 0 spiro atoms. The molecule has 0 aliphatic heterocycles. The van der Waals surface area contributed by atoms with Crippen LogP contribution in [0.1, 0.15) is 21.5 Å². The molecule has 0 saturated heterocycles. The van der Waals surface area contributed by atoms with Crippen LogP contribution in [0.5, 0.6) is 5.75 Å². The number of ketones is 1. The number of rotatable bonds is 3. The Morgan fingerprint density at radius 2 is 1.85 bits per heavy atom. The number of ether oxygens (including phenoxy) is 1. The van der Waals surface area contributed by atoms with Gasteiger partial charge in [-0.3, -0.25) is 4.79 Å². The maximum absolute atomic E-state index is 12.6. The Balaban J connectivity index is 2.52. The van der Waals surface area contributed by atoms with Crippen LogP contribution in [0.15, 0.2) is 39.3 Å². The fraction of sp³-hybridized carbons (Fsp3) is 0.133. The highest BCUT2D eigenvalue weighted by Crippen LogP contribution is 2.29. The summed E-state index contributed by atoms with van der Waals surface area (Å²) in [5.74, 6) is 0.615. The van der Waals surface area contributed by atoms with Gasteiger partial charge in [-0.2, -0.15) is 0 Å². The smallest absolute Gasteiger partial charge is 0.194 e. The van der Waals surface area contributed by atoms with Crippen LogP contribution < -0.4 is 10.5 Å². The Kier molecular flexibility index (Phi) is 4.50. The monoisotopic (exact) mass is 397 g/mol. The highest BCUT2D eigenvalue weighted by Gasteiger charge is 2.17. The van der Waals surface area contributed by atoms with Crippen LogP contribution in [0.2, 0.25) is 0 Å². The van der Waals surface area contributed by atoms with Crippen molar-refractivity contribution in [3.8, 4) is 5.75 Å². The number of carbonyl (C=O) groups excluding carboxylic acids is 1. The first-order valence-electron chi connectivity index (χ1n) is 5.88. The molecule has 104 valence electrons. The van der Waals surface area contributed by atoms with Gasteiger partial charge >= 0.3 is 0 Å². The Labute approximate surface area is 134 Å². The van der Waals surface area contributed by atoms with Gasteiger partial charge in [0.05, 0.1) is 7.11 Å². The lowest BCUT2D eigenvalue weighted by Crippen LogP contribution is -2.07. The number of hydrogen-bond acceptors (Lipinski definition) is 3. The lowest BCUT2D eigenvalue weighted by molar-refractivity contribution is 0.103. The first-order chi connectivity index (χ1) is 9.43. The molecule has 3 nitrogen and oxygen atoms in total. The van der Waals surface area contributed by atoms with Crippen molar-refractivity contribution in [3.63, 3.8) is 0 Å². The number of hydrogen-bond donors (Lipinski definition) is 1. The fourth-order valence-corrected chi connectivity index (χ4v) is 2.90. The van der Waals surface area contributed by atoms with Crippen LogP contribution in [0, 0.1) is 6.92 Å². The van der Waals surface area contributed by atoms with E-state index in [0.29, 0.717) is 27.0 Å². The zero-order valence-corrected chi connectivity index (χ0v) is 14.2. The third-order valence-electron chi connectivity index (χ3n) is 3.08. The second kappa shape index (κ2) is 5.97. The standard InChI is InChI=1S/C15H13Br2NO2/c1-8-12(5-9(16)6-14(8)18)15(19)11-4-3-10(20-2)7-13(11)17/h3-7H,18H2,1-2H3. The van der Waals surface area contributed by atoms with E-state index in [0.717, 1.165) is 10.0 Å². The molecule has 2 N–H and O–H groups in total. The number of carbonyl (C=O) groups is 1. The summed E-state index contributed by atoms with van der Waals surface area (Å²) in [6, 6.07) is 8.83. The van der Waals surface area contributed by atoms with Gasteiger partial charge in [0, 0.05) is 25.8 Å². The molecule has 0 atom stereocenters. The number of halogens is 2. The Bertz CT molecular complexity index is 684. The van der Waals surface area contributed by atoms with Crippen LogP contribution in [-0.4, -0.2) is 12.9 Å². The number of anilines is 1. The first-order valence-corrected chi connectivity index (χ1v) is 7.46. The van der Waals surface area contributed by atoms with Crippen LogP contribution >= 0.6 is 31.9 Å². The van der Waals surface area contributed by atoms with Crippen LogP contribution in [0.25, 0.3) is 0 Å². The summed E-state index contributed by atoms with van der Waals surface area (Å²) >= 11 is 6.77. The van der Waals surface area contributed by atoms with Crippen molar-refractivity contribution in [2.45, 2.75) is 6.92 Å². The molecule has 20 heavy (non-hydrogen) atoms. The summed E-state index contributed by atoms with van der Waals surface area (Å²) < 4.78 is 6.61. The van der Waals surface area contributed by atoms with Gasteiger partial charge in [0.1, 0.15) is 5.75 Å². The lowest BCUT2D eigenvalue weighted by atomic mass is 9.98. The minimum absolute atomic E-state index is 0.0787. The second-order valence-corrected chi connectivity index (χ2v) is 6.11. The second-order valence-electron chi connectivity index (χ2n) is 4.34. The number of methoxy groups -OCH3 is 1. The Hall–Kier alpha value is -1.33. The number of nitrogen functional groups attached to an aromatic ring is 1. The highest BCUT2D eigenvalue weighted by atomic mass is 79.9. The van der Waals surface area contributed by atoms with Crippen LogP contribution in [0.3, 0.4) is 0 Å². The first kappa shape index (κ1) is 15.1. The lowest BCUT2D eigenvalue weighted by Gasteiger charge is -2.11. The summed E-state index contributed by atoms with van der Waals surface area (Å²) in [6.45, 7) is 1.84. The minimum atomic E-state index is -0.0787. The molecule has 0 aromatic heterocycles. The molecule has 2 aromatic rings. The van der Waals surface area contributed by atoms with E-state index in [-0.39, 0.29) is 5.78 Å². The molecule has 0 fully saturated rings. The topological polar surface area (TPSA) is 52.3 Å². The normalized spacial score (nSPS) is 10.4. The molecule has 0 saturated carbocycles. The van der Waals surface area contributed by atoms with Crippen molar-refractivity contribution < 1.29 is 9.53 Å². The number of nitrogens with two attached hydrogens (primary N) is 1. The SMILES string of the molecule is COc1ccc(C(=O)c2cc(Br)cc(N)c2C)c(Br)c1. The van der Waals surface area contributed by atoms with E-state index >= 15 is 0 Å². The predicted molar refractivity (Wildman–Crippen MR) is 87.4 cm³/mol. The van der Waals surface area contributed by atoms with Crippen molar-refractivity contribution in [2.24, 2.45) is 0 Å². The van der Waals surface area contributed by atoms with E-state index in [9.17, 15) is 4.79 Å². The van der Waals surface area contributed by atoms with Crippen LogP contribution in [-0.2, 0) is 0 Å². The molecule has 2 aromatic carbocycles. The third-order valence-corrected chi connectivity index (χ3v) is 4.19. The summed E-state index contributed by atoms with van der Waals surface area (Å²) in [5.41, 5.74) is 8.44. The zero-order chi connectivity index (χ0) is 14.9. The molecule has 0 amide bonds. The average Bonchev–Trinajstić information content (AvgIpc) is 2.41. The predicted octanol–water partition coefficient (Wildman–Crippen LogP) is 4.34. The minimum Gasteiger partial charge on any atom is -0.497 e. The van der Waals surface area contributed by atoms with Gasteiger partial charge in [-0.25, -0.2) is 0 Å². The van der Waals surface area contributed by atoms with Crippen LogP contribution in [0.4, 0.5) is 5.69 Å². The quantitative estimate of drug-likeness (QED) is 0.617. The molecular weight excluding hydrogens is 386 g/mol. The fourth-order valence-electron chi connectivity index (χ4n) is 1.89. The molecular formula is C15H13Br2NO2. The maximum atomic E-state index is 12.6. The molecule has 0 radical (unpaired) electrons. The van der Waals surface area contributed by atoms with E-state index < -0.39 is 0 Å². The van der Waals surface area contributed by atoms with Crippen molar-refractivity contribution >= 4 is 43.3 Å². The van der Waals surface area contributed by atoms with Crippen molar-refractivity contribution in [1.82, 2.24) is 0 Å². The molecule has 0 aliphatic carbocycles. The van der Waals surface area contributed by atoms with Gasteiger partial charge in [-0.1, -0.05) is 15.9 Å². The maximum Gasteiger partial charge on any atom is 0.194 e. The summed E-state index contributed by atoms with van der Waals surface area (Å²) in [5, 5.41) is 0. The average molecular weight is 399 g/mol. The molecule has 2 rings (SSSR count). The van der Waals surface area contributed by atoms with Crippen molar-refractivity contribution in [1.29, 1.82) is 0 Å². The molecule has 0 unspecified atom stereocenters. The summed E-state index contributed by atoms with van der Waals surface area (Å²) in [6.07, 6.45) is 0. The van der Waals surface area contributed by atoms with Gasteiger partial charge in [0.15, 0.2) is 5.78 Å². The van der Waals surface area contributed by atoms with Gasteiger partial charge in [-0.05, 0) is 58.7 Å². The van der Waals surface area contributed by atoms with Crippen molar-refractivity contribution in [2.75, 3.05) is 12.8 Å². The van der Waals surface area contributed by atoms with E-state index in [1.807, 2.05) is 6.92 Å². The van der Waals surface area contributed by atoms with Gasteiger partial charge in [0.25, 0.3) is 0 Å². The van der Waals surface area contributed by atoms with Gasteiger partial charge in [-0.15, -0.1) is 0 Å². The molecule has 0 bridgehead atoms. The van der Waals surface area contributed by atoms with Crippen molar-refractivity contribution in [3.05, 3.63) is 56.0 Å². The Morgan fingerprint density at radius 3 is 2.45 bits per heavy atom. The summed E-state index contributed by atoms with van der Waals surface area (Å²) in [7, 11) is 1.59. The molecule has 5 heteroatoms. The van der Waals surface area contributed by atoms with E-state index in [1.165, 1.54) is 0 Å².